The lowest BCUT2D eigenvalue weighted by atomic mass is 10.2. The molecule has 4 heteroatoms. The van der Waals surface area contributed by atoms with Gasteiger partial charge in [-0.3, -0.25) is 0 Å². The van der Waals surface area contributed by atoms with E-state index < -0.39 is 0 Å². The van der Waals surface area contributed by atoms with Gasteiger partial charge >= 0.3 is 0 Å². The van der Waals surface area contributed by atoms with Crippen LogP contribution in [0.25, 0.3) is 11.0 Å². The molecule has 0 saturated heterocycles. The van der Waals surface area contributed by atoms with Gasteiger partial charge in [-0.25, -0.2) is 9.37 Å². The van der Waals surface area contributed by atoms with Crippen molar-refractivity contribution in [2.24, 2.45) is 0 Å². The Labute approximate surface area is 110 Å². The third kappa shape index (κ3) is 2.05. The smallest absolute Gasteiger partial charge is 0.201 e. The topological polar surface area (TPSA) is 43.8 Å². The van der Waals surface area contributed by atoms with Crippen LogP contribution in [0, 0.1) is 12.7 Å². The molecule has 1 heterocycles. The molecule has 0 radical (unpaired) electrons. The van der Waals surface area contributed by atoms with E-state index in [1.54, 1.807) is 12.1 Å². The van der Waals surface area contributed by atoms with Gasteiger partial charge in [0.2, 0.25) is 5.95 Å². The SMILES string of the molecule is Cc1ccc2c(c1)nc(N)n2Cc1ccccc1F. The summed E-state index contributed by atoms with van der Waals surface area (Å²) >= 11 is 0. The minimum Gasteiger partial charge on any atom is -0.369 e. The van der Waals surface area contributed by atoms with Gasteiger partial charge in [-0.1, -0.05) is 24.3 Å². The molecule has 0 fully saturated rings. The average molecular weight is 255 g/mol. The molecule has 0 spiro atoms. The summed E-state index contributed by atoms with van der Waals surface area (Å²) in [6.45, 7) is 2.39. The zero-order valence-corrected chi connectivity index (χ0v) is 10.6. The van der Waals surface area contributed by atoms with Crippen molar-refractivity contribution >= 4 is 17.0 Å². The molecule has 0 amide bonds. The molecule has 0 saturated carbocycles. The number of hydrogen-bond donors (Lipinski definition) is 1. The summed E-state index contributed by atoms with van der Waals surface area (Å²) in [5, 5.41) is 0. The lowest BCUT2D eigenvalue weighted by Gasteiger charge is -2.07. The van der Waals surface area contributed by atoms with Crippen LogP contribution in [0.15, 0.2) is 42.5 Å². The highest BCUT2D eigenvalue weighted by Gasteiger charge is 2.10. The highest BCUT2D eigenvalue weighted by Crippen LogP contribution is 2.21. The minimum atomic E-state index is -0.226. The Morgan fingerprint density at radius 3 is 2.79 bits per heavy atom. The van der Waals surface area contributed by atoms with Gasteiger partial charge in [0, 0.05) is 5.56 Å². The number of imidazole rings is 1. The van der Waals surface area contributed by atoms with Gasteiger partial charge in [-0.15, -0.1) is 0 Å². The van der Waals surface area contributed by atoms with Crippen molar-refractivity contribution in [3.63, 3.8) is 0 Å². The van der Waals surface area contributed by atoms with Gasteiger partial charge in [-0.2, -0.15) is 0 Å². The number of halogens is 1. The average Bonchev–Trinajstić information content (AvgIpc) is 2.68. The molecule has 2 N–H and O–H groups in total. The Morgan fingerprint density at radius 2 is 2.00 bits per heavy atom. The monoisotopic (exact) mass is 255 g/mol. The first-order valence-corrected chi connectivity index (χ1v) is 6.11. The van der Waals surface area contributed by atoms with Crippen molar-refractivity contribution in [3.8, 4) is 0 Å². The first-order chi connectivity index (χ1) is 9.15. The van der Waals surface area contributed by atoms with Crippen LogP contribution >= 0.6 is 0 Å². The van der Waals surface area contributed by atoms with Gasteiger partial charge < -0.3 is 10.3 Å². The number of nitrogens with two attached hydrogens (primary N) is 1. The third-order valence-electron chi connectivity index (χ3n) is 3.22. The number of aryl methyl sites for hydroxylation is 1. The predicted molar refractivity (Wildman–Crippen MR) is 74.4 cm³/mol. The van der Waals surface area contributed by atoms with E-state index in [1.807, 2.05) is 35.8 Å². The maximum absolute atomic E-state index is 13.7. The molecule has 1 aromatic heterocycles. The summed E-state index contributed by atoms with van der Waals surface area (Å²) < 4.78 is 15.5. The van der Waals surface area contributed by atoms with Crippen molar-refractivity contribution < 1.29 is 4.39 Å². The predicted octanol–water partition coefficient (Wildman–Crippen LogP) is 3.11. The fourth-order valence-electron chi connectivity index (χ4n) is 2.22. The van der Waals surface area contributed by atoms with E-state index in [0.29, 0.717) is 18.1 Å². The zero-order chi connectivity index (χ0) is 13.4. The van der Waals surface area contributed by atoms with Crippen molar-refractivity contribution in [3.05, 3.63) is 59.4 Å². The van der Waals surface area contributed by atoms with Crippen molar-refractivity contribution in [1.82, 2.24) is 9.55 Å². The lowest BCUT2D eigenvalue weighted by molar-refractivity contribution is 0.602. The van der Waals surface area contributed by atoms with Crippen LogP contribution < -0.4 is 5.73 Å². The molecular weight excluding hydrogens is 241 g/mol. The normalized spacial score (nSPS) is 11.1. The van der Waals surface area contributed by atoms with Crippen molar-refractivity contribution in [1.29, 1.82) is 0 Å². The van der Waals surface area contributed by atoms with Gasteiger partial charge in [0.1, 0.15) is 5.82 Å². The second kappa shape index (κ2) is 4.39. The molecule has 2 aromatic carbocycles. The maximum Gasteiger partial charge on any atom is 0.201 e. The molecule has 0 atom stereocenters. The second-order valence-electron chi connectivity index (χ2n) is 4.64. The lowest BCUT2D eigenvalue weighted by Crippen LogP contribution is -2.05. The second-order valence-corrected chi connectivity index (χ2v) is 4.64. The van der Waals surface area contributed by atoms with E-state index in [1.165, 1.54) is 6.07 Å². The molecule has 0 unspecified atom stereocenters. The number of benzene rings is 2. The van der Waals surface area contributed by atoms with Crippen LogP contribution in [0.2, 0.25) is 0 Å². The Morgan fingerprint density at radius 1 is 1.21 bits per heavy atom. The first kappa shape index (κ1) is 11.7. The van der Waals surface area contributed by atoms with Crippen LogP contribution in [0.5, 0.6) is 0 Å². The van der Waals surface area contributed by atoms with E-state index in [-0.39, 0.29) is 5.82 Å². The standard InChI is InChI=1S/C15H14FN3/c1-10-6-7-14-13(8-10)18-15(17)19(14)9-11-4-2-3-5-12(11)16/h2-8H,9H2,1H3,(H2,17,18). The number of rotatable bonds is 2. The van der Waals surface area contributed by atoms with Crippen LogP contribution in [-0.2, 0) is 6.54 Å². The Kier molecular flexibility index (Phi) is 2.71. The van der Waals surface area contributed by atoms with Crippen LogP contribution in [0.3, 0.4) is 0 Å². The molecule has 3 nitrogen and oxygen atoms in total. The Bertz CT molecular complexity index is 746. The molecule has 3 rings (SSSR count). The maximum atomic E-state index is 13.7. The fourth-order valence-corrected chi connectivity index (χ4v) is 2.22. The quantitative estimate of drug-likeness (QED) is 0.764. The minimum absolute atomic E-state index is 0.226. The fraction of sp³-hybridized carbons (Fsp3) is 0.133. The van der Waals surface area contributed by atoms with E-state index >= 15 is 0 Å². The zero-order valence-electron chi connectivity index (χ0n) is 10.6. The van der Waals surface area contributed by atoms with Crippen LogP contribution in [-0.4, -0.2) is 9.55 Å². The van der Waals surface area contributed by atoms with Gasteiger partial charge in [0.15, 0.2) is 0 Å². The van der Waals surface area contributed by atoms with E-state index in [0.717, 1.165) is 16.6 Å². The van der Waals surface area contributed by atoms with Crippen molar-refractivity contribution in [2.45, 2.75) is 13.5 Å². The Balaban J connectivity index is 2.10. The summed E-state index contributed by atoms with van der Waals surface area (Å²) in [5.41, 5.74) is 9.43. The summed E-state index contributed by atoms with van der Waals surface area (Å²) in [6.07, 6.45) is 0. The number of aromatic nitrogens is 2. The molecule has 0 aliphatic heterocycles. The molecule has 96 valence electrons. The van der Waals surface area contributed by atoms with Crippen LogP contribution in [0.1, 0.15) is 11.1 Å². The summed E-state index contributed by atoms with van der Waals surface area (Å²) in [5.74, 6) is 0.180. The molecule has 3 aromatic rings. The van der Waals surface area contributed by atoms with Crippen molar-refractivity contribution in [2.75, 3.05) is 5.73 Å². The highest BCUT2D eigenvalue weighted by atomic mass is 19.1. The number of nitrogens with zero attached hydrogens (tertiary/aromatic N) is 2. The van der Waals surface area contributed by atoms with E-state index in [9.17, 15) is 4.39 Å². The molecular formula is C15H14FN3. The molecule has 19 heavy (non-hydrogen) atoms. The summed E-state index contributed by atoms with van der Waals surface area (Å²) in [4.78, 5) is 4.32. The van der Waals surface area contributed by atoms with E-state index in [2.05, 4.69) is 4.98 Å². The molecule has 0 aliphatic rings. The van der Waals surface area contributed by atoms with Crippen LogP contribution in [0.4, 0.5) is 10.3 Å². The number of nitrogen functional groups attached to an aromatic ring is 1. The number of anilines is 1. The van der Waals surface area contributed by atoms with Gasteiger partial charge in [0.25, 0.3) is 0 Å². The largest absolute Gasteiger partial charge is 0.369 e. The van der Waals surface area contributed by atoms with Gasteiger partial charge in [0.05, 0.1) is 17.6 Å². The number of hydrogen-bond acceptors (Lipinski definition) is 2. The van der Waals surface area contributed by atoms with Gasteiger partial charge in [-0.05, 0) is 30.7 Å². The third-order valence-corrected chi connectivity index (χ3v) is 3.22. The first-order valence-electron chi connectivity index (χ1n) is 6.11. The summed E-state index contributed by atoms with van der Waals surface area (Å²) in [6, 6.07) is 12.7. The molecule has 0 aliphatic carbocycles. The highest BCUT2D eigenvalue weighted by molar-refractivity contribution is 5.79. The number of fused-ring (bicyclic) bond motifs is 1. The van der Waals surface area contributed by atoms with E-state index in [4.69, 9.17) is 5.73 Å². The Hall–Kier alpha value is -2.36. The summed E-state index contributed by atoms with van der Waals surface area (Å²) in [7, 11) is 0. The molecule has 0 bridgehead atoms.